The molecular weight excluding hydrogens is 244 g/mol. The standard InChI is InChI=1S/C12H22N6O/c1-8(9-15-11(13)17-16-9)14-10(19)12(2,3)18-6-4-5-7-18/h8H,4-7H2,1-3H3,(H,14,19)(H3,13,15,16,17). The van der Waals surface area contributed by atoms with Crippen molar-refractivity contribution in [2.75, 3.05) is 18.8 Å². The van der Waals surface area contributed by atoms with Crippen LogP contribution in [0.4, 0.5) is 5.95 Å². The van der Waals surface area contributed by atoms with E-state index in [4.69, 9.17) is 5.73 Å². The van der Waals surface area contributed by atoms with Gasteiger partial charge in [-0.15, -0.1) is 5.10 Å². The molecule has 1 aromatic rings. The van der Waals surface area contributed by atoms with Crippen LogP contribution in [0.1, 0.15) is 45.5 Å². The Morgan fingerprint density at radius 2 is 2.11 bits per heavy atom. The number of likely N-dealkylation sites (tertiary alicyclic amines) is 1. The number of aromatic amines is 1. The minimum absolute atomic E-state index is 0.00290. The molecular formula is C12H22N6O. The van der Waals surface area contributed by atoms with Gasteiger partial charge in [0.25, 0.3) is 0 Å². The topological polar surface area (TPSA) is 99.9 Å². The van der Waals surface area contributed by atoms with Crippen LogP contribution in [0.15, 0.2) is 0 Å². The van der Waals surface area contributed by atoms with E-state index in [2.05, 4.69) is 25.4 Å². The summed E-state index contributed by atoms with van der Waals surface area (Å²) in [5.74, 6) is 0.759. The first-order valence-electron chi connectivity index (χ1n) is 6.65. The summed E-state index contributed by atoms with van der Waals surface area (Å²) in [4.78, 5) is 18.6. The Labute approximate surface area is 113 Å². The van der Waals surface area contributed by atoms with Gasteiger partial charge < -0.3 is 11.1 Å². The number of rotatable bonds is 4. The number of hydrogen-bond donors (Lipinski definition) is 3. The number of nitrogens with zero attached hydrogens (tertiary/aromatic N) is 3. The fourth-order valence-electron chi connectivity index (χ4n) is 2.34. The third-order valence-corrected chi connectivity index (χ3v) is 3.73. The third kappa shape index (κ3) is 2.86. The lowest BCUT2D eigenvalue weighted by molar-refractivity contribution is -0.131. The SMILES string of the molecule is CC(NC(=O)C(C)(C)N1CCCC1)c1nc(N)n[nH]1. The maximum Gasteiger partial charge on any atom is 0.240 e. The molecule has 0 bridgehead atoms. The van der Waals surface area contributed by atoms with Gasteiger partial charge in [0.2, 0.25) is 11.9 Å². The Bertz CT molecular complexity index is 449. The molecule has 0 saturated carbocycles. The largest absolute Gasteiger partial charge is 0.367 e. The second-order valence-electron chi connectivity index (χ2n) is 5.53. The van der Waals surface area contributed by atoms with Crippen LogP contribution >= 0.6 is 0 Å². The summed E-state index contributed by atoms with van der Waals surface area (Å²) < 4.78 is 0. The molecule has 1 aliphatic rings. The van der Waals surface area contributed by atoms with E-state index >= 15 is 0 Å². The molecule has 7 heteroatoms. The van der Waals surface area contributed by atoms with Gasteiger partial charge in [0.1, 0.15) is 5.82 Å². The van der Waals surface area contributed by atoms with Gasteiger partial charge in [-0.2, -0.15) is 4.98 Å². The Balaban J connectivity index is 1.99. The van der Waals surface area contributed by atoms with Crippen molar-refractivity contribution >= 4 is 11.9 Å². The van der Waals surface area contributed by atoms with Gasteiger partial charge in [0, 0.05) is 0 Å². The first-order valence-corrected chi connectivity index (χ1v) is 6.65. The summed E-state index contributed by atoms with van der Waals surface area (Å²) in [5, 5.41) is 9.44. The van der Waals surface area contributed by atoms with E-state index in [1.807, 2.05) is 20.8 Å². The van der Waals surface area contributed by atoms with Crippen LogP contribution in [0, 0.1) is 0 Å². The van der Waals surface area contributed by atoms with Gasteiger partial charge in [-0.05, 0) is 46.7 Å². The van der Waals surface area contributed by atoms with Crippen LogP contribution in [0.2, 0.25) is 0 Å². The monoisotopic (exact) mass is 266 g/mol. The molecule has 19 heavy (non-hydrogen) atoms. The zero-order valence-electron chi connectivity index (χ0n) is 11.7. The molecule has 1 atom stereocenters. The first kappa shape index (κ1) is 13.8. The molecule has 1 aliphatic heterocycles. The fraction of sp³-hybridized carbons (Fsp3) is 0.750. The second kappa shape index (κ2) is 5.16. The molecule has 1 fully saturated rings. The minimum atomic E-state index is -0.504. The van der Waals surface area contributed by atoms with E-state index in [-0.39, 0.29) is 17.9 Å². The van der Waals surface area contributed by atoms with Crippen molar-refractivity contribution in [3.8, 4) is 0 Å². The predicted molar refractivity (Wildman–Crippen MR) is 72.2 cm³/mol. The molecule has 1 unspecified atom stereocenters. The predicted octanol–water partition coefficient (Wildman–Crippen LogP) is 0.439. The Morgan fingerprint density at radius 3 is 2.63 bits per heavy atom. The zero-order valence-corrected chi connectivity index (χ0v) is 11.7. The molecule has 1 aromatic heterocycles. The molecule has 4 N–H and O–H groups in total. The van der Waals surface area contributed by atoms with Gasteiger partial charge in [-0.1, -0.05) is 0 Å². The lowest BCUT2D eigenvalue weighted by atomic mass is 10.0. The summed E-state index contributed by atoms with van der Waals surface area (Å²) in [7, 11) is 0. The number of nitrogens with two attached hydrogens (primary N) is 1. The summed E-state index contributed by atoms with van der Waals surface area (Å²) in [6.45, 7) is 7.72. The number of carbonyl (C=O) groups excluding carboxylic acids is 1. The lowest BCUT2D eigenvalue weighted by Gasteiger charge is -2.34. The smallest absolute Gasteiger partial charge is 0.240 e. The van der Waals surface area contributed by atoms with E-state index in [1.165, 1.54) is 0 Å². The molecule has 0 aliphatic carbocycles. The fourth-order valence-corrected chi connectivity index (χ4v) is 2.34. The van der Waals surface area contributed by atoms with Gasteiger partial charge >= 0.3 is 0 Å². The van der Waals surface area contributed by atoms with Crippen LogP contribution in [0.25, 0.3) is 0 Å². The normalized spacial score (nSPS) is 18.5. The maximum absolute atomic E-state index is 12.4. The number of H-pyrrole nitrogens is 1. The number of aromatic nitrogens is 3. The van der Waals surface area contributed by atoms with E-state index in [1.54, 1.807) is 0 Å². The van der Waals surface area contributed by atoms with E-state index < -0.39 is 5.54 Å². The van der Waals surface area contributed by atoms with E-state index in [9.17, 15) is 4.79 Å². The zero-order chi connectivity index (χ0) is 14.0. The Kier molecular flexibility index (Phi) is 3.75. The molecule has 1 amide bonds. The van der Waals surface area contributed by atoms with Crippen molar-refractivity contribution in [1.82, 2.24) is 25.4 Å². The number of nitrogen functional groups attached to an aromatic ring is 1. The molecule has 0 aromatic carbocycles. The van der Waals surface area contributed by atoms with Gasteiger partial charge in [-0.3, -0.25) is 14.8 Å². The summed E-state index contributed by atoms with van der Waals surface area (Å²) >= 11 is 0. The van der Waals surface area contributed by atoms with Crippen LogP contribution in [0.3, 0.4) is 0 Å². The van der Waals surface area contributed by atoms with Crippen molar-refractivity contribution < 1.29 is 4.79 Å². The van der Waals surface area contributed by atoms with Crippen LogP contribution in [-0.4, -0.2) is 44.6 Å². The van der Waals surface area contributed by atoms with E-state index in [0.717, 1.165) is 25.9 Å². The number of amides is 1. The minimum Gasteiger partial charge on any atom is -0.367 e. The maximum atomic E-state index is 12.4. The molecule has 2 heterocycles. The van der Waals surface area contributed by atoms with Crippen LogP contribution < -0.4 is 11.1 Å². The average Bonchev–Trinajstić information content (AvgIpc) is 2.99. The van der Waals surface area contributed by atoms with Crippen molar-refractivity contribution in [3.05, 3.63) is 5.82 Å². The molecule has 2 rings (SSSR count). The third-order valence-electron chi connectivity index (χ3n) is 3.73. The number of nitrogens with one attached hydrogen (secondary N) is 2. The number of hydrogen-bond acceptors (Lipinski definition) is 5. The van der Waals surface area contributed by atoms with Gasteiger partial charge in [0.15, 0.2) is 0 Å². The summed E-state index contributed by atoms with van der Waals surface area (Å²) in [6.07, 6.45) is 2.32. The quantitative estimate of drug-likeness (QED) is 0.734. The first-order chi connectivity index (χ1) is 8.91. The molecule has 0 radical (unpaired) electrons. The van der Waals surface area contributed by atoms with E-state index in [0.29, 0.717) is 5.82 Å². The van der Waals surface area contributed by atoms with Crippen LogP contribution in [0.5, 0.6) is 0 Å². The second-order valence-corrected chi connectivity index (χ2v) is 5.53. The molecule has 106 valence electrons. The van der Waals surface area contributed by atoms with Crippen molar-refractivity contribution in [1.29, 1.82) is 0 Å². The Morgan fingerprint density at radius 1 is 1.47 bits per heavy atom. The van der Waals surface area contributed by atoms with Crippen molar-refractivity contribution in [2.24, 2.45) is 0 Å². The van der Waals surface area contributed by atoms with Crippen molar-refractivity contribution in [2.45, 2.75) is 45.2 Å². The Hall–Kier alpha value is -1.63. The van der Waals surface area contributed by atoms with Gasteiger partial charge in [0.05, 0.1) is 11.6 Å². The van der Waals surface area contributed by atoms with Crippen molar-refractivity contribution in [3.63, 3.8) is 0 Å². The summed E-state index contributed by atoms with van der Waals surface area (Å²) in [5.41, 5.74) is 4.95. The van der Waals surface area contributed by atoms with Crippen LogP contribution in [-0.2, 0) is 4.79 Å². The van der Waals surface area contributed by atoms with Gasteiger partial charge in [-0.25, -0.2) is 0 Å². The molecule has 7 nitrogen and oxygen atoms in total. The highest BCUT2D eigenvalue weighted by atomic mass is 16.2. The summed E-state index contributed by atoms with van der Waals surface area (Å²) in [6, 6.07) is -0.237. The lowest BCUT2D eigenvalue weighted by Crippen LogP contribution is -2.54. The average molecular weight is 266 g/mol. The highest BCUT2D eigenvalue weighted by Crippen LogP contribution is 2.22. The molecule has 0 spiro atoms. The number of anilines is 1. The molecule has 1 saturated heterocycles. The number of carbonyl (C=O) groups is 1. The highest BCUT2D eigenvalue weighted by Gasteiger charge is 2.36. The highest BCUT2D eigenvalue weighted by molar-refractivity contribution is 5.85.